The molecule has 218 valence electrons. The second-order valence-corrected chi connectivity index (χ2v) is 11.8. The summed E-state index contributed by atoms with van der Waals surface area (Å²) in [6, 6.07) is 11.5. The van der Waals surface area contributed by atoms with Crippen molar-refractivity contribution in [3.63, 3.8) is 0 Å². The number of nitrogens with one attached hydrogen (secondary N) is 1. The van der Waals surface area contributed by atoms with Crippen LogP contribution >= 0.6 is 11.6 Å². The topological polar surface area (TPSA) is 88.1 Å². The molecule has 2 N–H and O–H groups in total. The number of rotatable bonds is 11. The fourth-order valence-electron chi connectivity index (χ4n) is 6.02. The van der Waals surface area contributed by atoms with Crippen LogP contribution in [0.3, 0.4) is 0 Å². The van der Waals surface area contributed by atoms with Crippen LogP contribution in [0, 0.1) is 5.92 Å². The van der Waals surface area contributed by atoms with Crippen LogP contribution in [0.25, 0.3) is 0 Å². The number of esters is 1. The molecular formula is C32H43ClN2O5. The number of benzene rings is 2. The first-order valence-electron chi connectivity index (χ1n) is 14.6. The van der Waals surface area contributed by atoms with E-state index in [2.05, 4.69) is 35.5 Å². The molecule has 2 fully saturated rings. The van der Waals surface area contributed by atoms with Crippen LogP contribution in [0.15, 0.2) is 36.4 Å². The van der Waals surface area contributed by atoms with Gasteiger partial charge in [-0.2, -0.15) is 0 Å². The lowest BCUT2D eigenvalue weighted by Crippen LogP contribution is -2.41. The van der Waals surface area contributed by atoms with Crippen LogP contribution < -0.4 is 10.1 Å². The SMILES string of the molecule is COc1cc(NC(=O)CCCc2cccc(C3(C(=O)OCC4CCN(C)CC4)CCCCC3)c2)c(Cl)cc1CO. The number of carbonyl (C=O) groups excluding carboxylic acids is 2. The molecule has 0 bridgehead atoms. The molecule has 0 spiro atoms. The molecule has 40 heavy (non-hydrogen) atoms. The molecule has 7 nitrogen and oxygen atoms in total. The van der Waals surface area contributed by atoms with Gasteiger partial charge in [0.2, 0.25) is 5.91 Å². The third kappa shape index (κ3) is 7.56. The lowest BCUT2D eigenvalue weighted by molar-refractivity contribution is -0.154. The average Bonchev–Trinajstić information content (AvgIpc) is 2.98. The molecule has 1 aliphatic carbocycles. The second-order valence-electron chi connectivity index (χ2n) is 11.4. The molecule has 0 aromatic heterocycles. The van der Waals surface area contributed by atoms with E-state index in [9.17, 15) is 14.7 Å². The first-order valence-corrected chi connectivity index (χ1v) is 14.9. The van der Waals surface area contributed by atoms with Gasteiger partial charge in [-0.25, -0.2) is 0 Å². The summed E-state index contributed by atoms with van der Waals surface area (Å²) in [6.07, 6.45) is 8.72. The van der Waals surface area contributed by atoms with Gasteiger partial charge in [0.1, 0.15) is 5.75 Å². The van der Waals surface area contributed by atoms with Gasteiger partial charge in [-0.3, -0.25) is 9.59 Å². The molecule has 1 saturated carbocycles. The van der Waals surface area contributed by atoms with Crippen molar-refractivity contribution in [1.29, 1.82) is 0 Å². The first-order chi connectivity index (χ1) is 19.3. The van der Waals surface area contributed by atoms with E-state index >= 15 is 0 Å². The fourth-order valence-corrected chi connectivity index (χ4v) is 6.25. The highest BCUT2D eigenvalue weighted by molar-refractivity contribution is 6.33. The summed E-state index contributed by atoms with van der Waals surface area (Å²) in [7, 11) is 3.65. The number of methoxy groups -OCH3 is 1. The van der Waals surface area contributed by atoms with Crippen LogP contribution in [0.1, 0.15) is 74.5 Å². The maximum atomic E-state index is 13.6. The predicted octanol–water partition coefficient (Wildman–Crippen LogP) is 5.89. The number of hydrogen-bond acceptors (Lipinski definition) is 6. The number of amides is 1. The Labute approximate surface area is 243 Å². The van der Waals surface area contributed by atoms with Crippen LogP contribution in [0.2, 0.25) is 5.02 Å². The minimum absolute atomic E-state index is 0.0674. The molecule has 2 aromatic carbocycles. The van der Waals surface area contributed by atoms with E-state index < -0.39 is 5.41 Å². The third-order valence-electron chi connectivity index (χ3n) is 8.55. The Morgan fingerprint density at radius 1 is 1.12 bits per heavy atom. The summed E-state index contributed by atoms with van der Waals surface area (Å²) in [5, 5.41) is 12.7. The molecule has 1 saturated heterocycles. The van der Waals surface area contributed by atoms with Crippen LogP contribution in [-0.2, 0) is 32.8 Å². The number of ether oxygens (including phenoxy) is 2. The number of aliphatic hydroxyl groups is 1. The van der Waals surface area contributed by atoms with E-state index in [1.54, 1.807) is 12.1 Å². The summed E-state index contributed by atoms with van der Waals surface area (Å²) in [4.78, 5) is 28.6. The number of carbonyl (C=O) groups is 2. The number of piperidine rings is 1. The fraction of sp³-hybridized carbons (Fsp3) is 0.562. The van der Waals surface area contributed by atoms with E-state index in [-0.39, 0.29) is 18.5 Å². The zero-order valence-corrected chi connectivity index (χ0v) is 24.6. The molecule has 1 heterocycles. The quantitative estimate of drug-likeness (QED) is 0.328. The molecule has 1 amide bonds. The number of halogens is 1. The predicted molar refractivity (Wildman–Crippen MR) is 158 cm³/mol. The number of aliphatic hydroxyl groups excluding tert-OH is 1. The molecule has 0 unspecified atom stereocenters. The summed E-state index contributed by atoms with van der Waals surface area (Å²) in [5.74, 6) is 0.711. The first kappa shape index (κ1) is 30.4. The van der Waals surface area contributed by atoms with Crippen LogP contribution in [0.4, 0.5) is 5.69 Å². The number of likely N-dealkylation sites (tertiary alicyclic amines) is 1. The van der Waals surface area contributed by atoms with E-state index in [1.807, 2.05) is 6.07 Å². The van der Waals surface area contributed by atoms with Crippen molar-refractivity contribution >= 4 is 29.2 Å². The highest BCUT2D eigenvalue weighted by Gasteiger charge is 2.43. The van der Waals surface area contributed by atoms with Gasteiger partial charge >= 0.3 is 5.97 Å². The largest absolute Gasteiger partial charge is 0.496 e. The van der Waals surface area contributed by atoms with Crippen molar-refractivity contribution in [3.8, 4) is 5.75 Å². The van der Waals surface area contributed by atoms with Crippen molar-refractivity contribution in [3.05, 3.63) is 58.1 Å². The molecule has 1 aliphatic heterocycles. The zero-order chi connectivity index (χ0) is 28.5. The molecular weight excluding hydrogens is 528 g/mol. The Morgan fingerprint density at radius 2 is 1.88 bits per heavy atom. The maximum Gasteiger partial charge on any atom is 0.316 e. The van der Waals surface area contributed by atoms with Crippen molar-refractivity contribution in [1.82, 2.24) is 4.90 Å². The van der Waals surface area contributed by atoms with Gasteiger partial charge in [-0.05, 0) is 81.8 Å². The van der Waals surface area contributed by atoms with E-state index in [0.717, 1.165) is 75.6 Å². The van der Waals surface area contributed by atoms with Gasteiger partial charge in [-0.1, -0.05) is 55.1 Å². The summed E-state index contributed by atoms with van der Waals surface area (Å²) < 4.78 is 11.3. The summed E-state index contributed by atoms with van der Waals surface area (Å²) in [5.41, 5.74) is 2.61. The molecule has 2 aliphatic rings. The smallest absolute Gasteiger partial charge is 0.316 e. The van der Waals surface area contributed by atoms with Gasteiger partial charge in [0.05, 0.1) is 36.4 Å². The standard InChI is InChI=1S/C32H43ClN2O5/c1-35-16-12-24(13-17-35)22-40-31(38)32(14-4-3-5-15-32)26-10-6-8-23(18-26)9-7-11-30(37)34-28-20-29(39-2)25(21-36)19-27(28)33/h6,8,10,18-20,24,36H,3-5,7,9,11-17,21-22H2,1-2H3,(H,34,37). The lowest BCUT2D eigenvalue weighted by atomic mass is 9.69. The molecule has 0 radical (unpaired) electrons. The van der Waals surface area contributed by atoms with Gasteiger partial charge in [0.25, 0.3) is 0 Å². The molecule has 0 atom stereocenters. The lowest BCUT2D eigenvalue weighted by Gasteiger charge is -2.36. The Kier molecular flexibility index (Phi) is 10.9. The van der Waals surface area contributed by atoms with Crippen molar-refractivity contribution < 1.29 is 24.2 Å². The van der Waals surface area contributed by atoms with E-state index in [4.69, 9.17) is 21.1 Å². The van der Waals surface area contributed by atoms with E-state index in [1.165, 1.54) is 7.11 Å². The highest BCUT2D eigenvalue weighted by atomic mass is 35.5. The van der Waals surface area contributed by atoms with Crippen LogP contribution in [-0.4, -0.2) is 55.7 Å². The minimum atomic E-state index is -0.576. The average molecular weight is 571 g/mol. The third-order valence-corrected chi connectivity index (χ3v) is 8.86. The second kappa shape index (κ2) is 14.3. The summed E-state index contributed by atoms with van der Waals surface area (Å²) in [6.45, 7) is 2.44. The van der Waals surface area contributed by atoms with Crippen molar-refractivity contribution in [2.75, 3.05) is 39.2 Å². The van der Waals surface area contributed by atoms with Gasteiger partial charge in [0.15, 0.2) is 0 Å². The number of hydrogen-bond donors (Lipinski definition) is 2. The van der Waals surface area contributed by atoms with E-state index in [0.29, 0.717) is 47.4 Å². The summed E-state index contributed by atoms with van der Waals surface area (Å²) >= 11 is 6.29. The van der Waals surface area contributed by atoms with Crippen molar-refractivity contribution in [2.24, 2.45) is 5.92 Å². The minimum Gasteiger partial charge on any atom is -0.496 e. The number of anilines is 1. The van der Waals surface area contributed by atoms with Crippen molar-refractivity contribution in [2.45, 2.75) is 76.2 Å². The Bertz CT molecular complexity index is 1160. The molecule has 8 heteroatoms. The van der Waals surface area contributed by atoms with Gasteiger partial charge < -0.3 is 24.8 Å². The van der Waals surface area contributed by atoms with Crippen LogP contribution in [0.5, 0.6) is 5.75 Å². The van der Waals surface area contributed by atoms with Gasteiger partial charge in [-0.15, -0.1) is 0 Å². The Balaban J connectivity index is 1.36. The normalized spacial score (nSPS) is 17.8. The molecule has 2 aromatic rings. The molecule has 4 rings (SSSR count). The Hall–Kier alpha value is -2.61. The maximum absolute atomic E-state index is 13.6. The monoisotopic (exact) mass is 570 g/mol. The number of aryl methyl sites for hydroxylation is 1. The van der Waals surface area contributed by atoms with Gasteiger partial charge in [0, 0.05) is 18.1 Å². The Morgan fingerprint density at radius 3 is 2.58 bits per heavy atom. The zero-order valence-electron chi connectivity index (χ0n) is 23.8. The number of nitrogens with zero attached hydrogens (tertiary/aromatic N) is 1. The highest BCUT2D eigenvalue weighted by Crippen LogP contribution is 2.41.